The van der Waals surface area contributed by atoms with E-state index in [2.05, 4.69) is 62.4 Å². The molecule has 2 fully saturated rings. The van der Waals surface area contributed by atoms with E-state index in [9.17, 15) is 19.8 Å². The number of aliphatic hydroxyl groups excluding tert-OH is 2. The standard InChI is InChI=1S/C49H70N2O11Si/c1-13-21-39(52)48(6,7)40(53)27-19-25-37-35(59-37)23-16-18-30-44-51-34(32-58-44)46(55)61-41(49(8,9)42(22-14-2)62-63(11,12)47(3,4)5)28-20-26-38-36(60-38)24-15-17-29-43-50-33(31-57-43)45(54)56-10/h13-22,24-26,29,31-32,35-42,52-53H,23,27-28,30H2,1-12H3/b18-16-,21-13+,22-14+,24-15+,25-19-,26-20-,29-17-/t35-,36-,37+,38+,39-,40-,41-,42-/m0/s1. The third-order valence-electron chi connectivity index (χ3n) is 12.1. The van der Waals surface area contributed by atoms with Crippen LogP contribution in [0.5, 0.6) is 0 Å². The van der Waals surface area contributed by atoms with Crippen LogP contribution in [0.3, 0.4) is 0 Å². The molecule has 4 heterocycles. The molecule has 0 amide bonds. The number of carbonyl (C=O) groups is 2. The number of carbonyl (C=O) groups excluding carboxylic acids is 2. The first-order chi connectivity index (χ1) is 29.6. The fourth-order valence-electron chi connectivity index (χ4n) is 6.34. The van der Waals surface area contributed by atoms with E-state index >= 15 is 0 Å². The minimum atomic E-state index is -2.24. The van der Waals surface area contributed by atoms with Gasteiger partial charge >= 0.3 is 11.9 Å². The van der Waals surface area contributed by atoms with E-state index in [-0.39, 0.29) is 52.8 Å². The van der Waals surface area contributed by atoms with Gasteiger partial charge in [0.05, 0.1) is 31.5 Å². The molecule has 13 nitrogen and oxygen atoms in total. The predicted molar refractivity (Wildman–Crippen MR) is 245 cm³/mol. The fraction of sp³-hybridized carbons (Fsp3) is 0.551. The normalized spacial score (nSPS) is 22.1. The van der Waals surface area contributed by atoms with Crippen molar-refractivity contribution in [1.82, 2.24) is 9.97 Å². The highest BCUT2D eigenvalue weighted by atomic mass is 28.4. The molecule has 8 atom stereocenters. The van der Waals surface area contributed by atoms with Crippen LogP contribution in [-0.2, 0) is 29.8 Å². The summed E-state index contributed by atoms with van der Waals surface area (Å²) in [6.45, 7) is 22.7. The van der Waals surface area contributed by atoms with Crippen LogP contribution in [0.2, 0.25) is 18.1 Å². The van der Waals surface area contributed by atoms with E-state index in [1.807, 2.05) is 88.5 Å². The minimum absolute atomic E-state index is 0.0273. The minimum Gasteiger partial charge on any atom is -0.464 e. The van der Waals surface area contributed by atoms with Crippen molar-refractivity contribution < 1.29 is 52.0 Å². The van der Waals surface area contributed by atoms with Crippen molar-refractivity contribution in [1.29, 1.82) is 0 Å². The number of aliphatic hydroxyl groups is 2. The molecule has 2 aromatic rings. The van der Waals surface area contributed by atoms with Gasteiger partial charge in [-0.05, 0) is 44.8 Å². The van der Waals surface area contributed by atoms with Crippen molar-refractivity contribution in [2.75, 3.05) is 7.11 Å². The number of allylic oxidation sites excluding steroid dienone is 5. The number of methoxy groups -OCH3 is 1. The van der Waals surface area contributed by atoms with E-state index in [1.54, 1.807) is 24.3 Å². The zero-order chi connectivity index (χ0) is 46.6. The van der Waals surface area contributed by atoms with Crippen LogP contribution >= 0.6 is 0 Å². The summed E-state index contributed by atoms with van der Waals surface area (Å²) >= 11 is 0. The molecule has 63 heavy (non-hydrogen) atoms. The maximum absolute atomic E-state index is 13.7. The number of nitrogens with zero attached hydrogens (tertiary/aromatic N) is 2. The van der Waals surface area contributed by atoms with E-state index in [0.717, 1.165) is 0 Å². The van der Waals surface area contributed by atoms with Gasteiger partial charge in [0.25, 0.3) is 0 Å². The molecule has 14 heteroatoms. The summed E-state index contributed by atoms with van der Waals surface area (Å²) in [5.41, 5.74) is -1.14. The first-order valence-corrected chi connectivity index (χ1v) is 24.7. The molecule has 0 bridgehead atoms. The van der Waals surface area contributed by atoms with E-state index in [0.29, 0.717) is 31.6 Å². The molecule has 346 valence electrons. The number of oxazole rings is 2. The smallest absolute Gasteiger partial charge is 0.360 e. The summed E-state index contributed by atoms with van der Waals surface area (Å²) in [6.07, 6.45) is 28.2. The average Bonchev–Trinajstić information content (AvgIpc) is 4.02. The van der Waals surface area contributed by atoms with Crippen molar-refractivity contribution in [2.45, 2.75) is 155 Å². The molecule has 2 aliphatic heterocycles. The summed E-state index contributed by atoms with van der Waals surface area (Å²) in [5, 5.41) is 20.9. The molecule has 0 aliphatic carbocycles. The molecule has 0 aromatic carbocycles. The van der Waals surface area contributed by atoms with Crippen LogP contribution in [0.4, 0.5) is 0 Å². The molecule has 0 radical (unpaired) electrons. The van der Waals surface area contributed by atoms with Crippen molar-refractivity contribution in [3.05, 3.63) is 115 Å². The molecule has 2 aromatic heterocycles. The summed E-state index contributed by atoms with van der Waals surface area (Å²) in [5.74, 6) is -0.489. The Morgan fingerprint density at radius 2 is 1.44 bits per heavy atom. The Kier molecular flexibility index (Phi) is 18.2. The van der Waals surface area contributed by atoms with Crippen molar-refractivity contribution in [3.63, 3.8) is 0 Å². The van der Waals surface area contributed by atoms with Gasteiger partial charge in [-0.2, -0.15) is 0 Å². The number of aromatic nitrogens is 2. The Morgan fingerprint density at radius 3 is 2.13 bits per heavy atom. The Morgan fingerprint density at radius 1 is 0.794 bits per heavy atom. The molecular formula is C49H70N2O11Si. The topological polar surface area (TPSA) is 179 Å². The number of hydrogen-bond donors (Lipinski definition) is 2. The summed E-state index contributed by atoms with van der Waals surface area (Å²) in [6, 6.07) is 0. The Hall–Kier alpha value is -4.44. The molecule has 0 spiro atoms. The van der Waals surface area contributed by atoms with Gasteiger partial charge in [-0.25, -0.2) is 19.6 Å². The Balaban J connectivity index is 1.35. The number of epoxide rings is 2. The molecule has 0 unspecified atom stereocenters. The largest absolute Gasteiger partial charge is 0.464 e. The highest BCUT2D eigenvalue weighted by Gasteiger charge is 2.46. The van der Waals surface area contributed by atoms with Crippen LogP contribution in [0.15, 0.2) is 100 Å². The van der Waals surface area contributed by atoms with E-state index in [1.165, 1.54) is 19.6 Å². The number of esters is 2. The van der Waals surface area contributed by atoms with Gasteiger partial charge < -0.3 is 42.4 Å². The summed E-state index contributed by atoms with van der Waals surface area (Å²) < 4.78 is 40.5. The van der Waals surface area contributed by atoms with Crippen molar-refractivity contribution in [2.24, 2.45) is 10.8 Å². The van der Waals surface area contributed by atoms with Crippen LogP contribution in [0, 0.1) is 10.8 Å². The number of hydrogen-bond acceptors (Lipinski definition) is 13. The lowest BCUT2D eigenvalue weighted by Crippen LogP contribution is -2.51. The van der Waals surface area contributed by atoms with Gasteiger partial charge in [-0.15, -0.1) is 0 Å². The second-order valence-electron chi connectivity index (χ2n) is 18.7. The maximum Gasteiger partial charge on any atom is 0.360 e. The lowest BCUT2D eigenvalue weighted by molar-refractivity contribution is -0.0420. The number of rotatable bonds is 24. The lowest BCUT2D eigenvalue weighted by atomic mass is 9.79. The van der Waals surface area contributed by atoms with Crippen molar-refractivity contribution >= 4 is 26.3 Å². The van der Waals surface area contributed by atoms with Crippen LogP contribution < -0.4 is 0 Å². The molecular weight excluding hydrogens is 821 g/mol. The van der Waals surface area contributed by atoms with E-state index in [4.69, 9.17) is 27.5 Å². The average molecular weight is 891 g/mol. The molecule has 4 rings (SSSR count). The predicted octanol–water partition coefficient (Wildman–Crippen LogP) is 9.48. The van der Waals surface area contributed by atoms with Gasteiger partial charge in [0.2, 0.25) is 5.89 Å². The van der Waals surface area contributed by atoms with Gasteiger partial charge in [0.15, 0.2) is 25.6 Å². The molecule has 0 saturated carbocycles. The first kappa shape index (κ1) is 51.2. The van der Waals surface area contributed by atoms with Crippen LogP contribution in [0.1, 0.15) is 114 Å². The Bertz CT molecular complexity index is 2010. The Labute approximate surface area is 374 Å². The molecule has 2 N–H and O–H groups in total. The molecule has 2 aliphatic rings. The quantitative estimate of drug-likeness (QED) is 0.0335. The third-order valence-corrected chi connectivity index (χ3v) is 16.6. The van der Waals surface area contributed by atoms with Gasteiger partial charge in [-0.1, -0.05) is 127 Å². The van der Waals surface area contributed by atoms with Gasteiger partial charge in [-0.3, -0.25) is 0 Å². The third kappa shape index (κ3) is 14.8. The zero-order valence-corrected chi connectivity index (χ0v) is 40.1. The fourth-order valence-corrected chi connectivity index (χ4v) is 7.71. The molecule has 2 saturated heterocycles. The second kappa shape index (κ2) is 22.5. The maximum atomic E-state index is 13.7. The SMILES string of the molecule is C/C=C/[C@H](O[Si](C)(C)C(C)(C)C)C(C)(C)[C@H](C/C=C\[C@H]1O[C@H]1/C=C/C=C\c1nc(C(=O)OC)co1)OC(=O)c1coc(C/C=C\C[C@@H]2O[C@@H]2/C=C\C[C@H](O)C(C)(C)[C@@H](O)/C=C/C)n1. The van der Waals surface area contributed by atoms with Gasteiger partial charge in [0, 0.05) is 29.7 Å². The van der Waals surface area contributed by atoms with E-state index < -0.39 is 49.4 Å². The second-order valence-corrected chi connectivity index (χ2v) is 23.5. The highest BCUT2D eigenvalue weighted by molar-refractivity contribution is 6.74. The lowest BCUT2D eigenvalue weighted by Gasteiger charge is -2.45. The first-order valence-electron chi connectivity index (χ1n) is 21.8. The van der Waals surface area contributed by atoms with Crippen molar-refractivity contribution in [3.8, 4) is 0 Å². The summed E-state index contributed by atoms with van der Waals surface area (Å²) in [4.78, 5) is 33.9. The summed E-state index contributed by atoms with van der Waals surface area (Å²) in [7, 11) is -0.954. The van der Waals surface area contributed by atoms with Crippen LogP contribution in [0.25, 0.3) is 6.08 Å². The number of ether oxygens (including phenoxy) is 4. The monoisotopic (exact) mass is 890 g/mol. The highest BCUT2D eigenvalue weighted by Crippen LogP contribution is 2.42. The zero-order valence-electron chi connectivity index (χ0n) is 39.1. The van der Waals surface area contributed by atoms with Gasteiger partial charge in [0.1, 0.15) is 36.9 Å². The van der Waals surface area contributed by atoms with Crippen LogP contribution in [-0.4, -0.2) is 96.4 Å².